The van der Waals surface area contributed by atoms with Crippen LogP contribution < -0.4 is 5.32 Å². The maximum atomic E-state index is 6.15. The molecule has 2 saturated heterocycles. The van der Waals surface area contributed by atoms with Crippen molar-refractivity contribution in [2.24, 2.45) is 16.3 Å². The molecule has 5 nitrogen and oxygen atoms in total. The second-order valence-corrected chi connectivity index (χ2v) is 9.50. The third-order valence-corrected chi connectivity index (χ3v) is 6.09. The van der Waals surface area contributed by atoms with Gasteiger partial charge in [0.25, 0.3) is 0 Å². The Morgan fingerprint density at radius 2 is 1.88 bits per heavy atom. The first-order valence-electron chi connectivity index (χ1n) is 10.00. The molecule has 1 aliphatic carbocycles. The fraction of sp³-hybridized carbons (Fsp3) is 0.950. The van der Waals surface area contributed by atoms with Crippen molar-refractivity contribution >= 4 is 5.96 Å². The fourth-order valence-corrected chi connectivity index (χ4v) is 4.94. The Bertz CT molecular complexity index is 490. The van der Waals surface area contributed by atoms with Crippen molar-refractivity contribution < 1.29 is 9.47 Å². The van der Waals surface area contributed by atoms with Crippen molar-refractivity contribution in [3.63, 3.8) is 0 Å². The molecular formula is C20H37N3O2. The molecule has 0 amide bonds. The smallest absolute Gasteiger partial charge is 0.193 e. The lowest BCUT2D eigenvalue weighted by atomic mass is 9.55. The molecule has 2 aliphatic heterocycles. The highest BCUT2D eigenvalue weighted by Crippen LogP contribution is 2.51. The fourth-order valence-electron chi connectivity index (χ4n) is 4.94. The van der Waals surface area contributed by atoms with E-state index in [1.807, 2.05) is 7.05 Å². The van der Waals surface area contributed by atoms with E-state index in [-0.39, 0.29) is 11.0 Å². The van der Waals surface area contributed by atoms with Crippen molar-refractivity contribution in [2.75, 3.05) is 26.7 Å². The molecule has 3 aliphatic rings. The number of piperidine rings is 1. The molecule has 25 heavy (non-hydrogen) atoms. The zero-order chi connectivity index (χ0) is 18.2. The molecule has 0 aromatic carbocycles. The average Bonchev–Trinajstić information content (AvgIpc) is 2.55. The Morgan fingerprint density at radius 3 is 2.48 bits per heavy atom. The first kappa shape index (κ1) is 19.0. The van der Waals surface area contributed by atoms with Crippen molar-refractivity contribution in [1.82, 2.24) is 10.2 Å². The van der Waals surface area contributed by atoms with Gasteiger partial charge in [-0.05, 0) is 46.5 Å². The van der Waals surface area contributed by atoms with Crippen LogP contribution in [0.3, 0.4) is 0 Å². The Morgan fingerprint density at radius 1 is 1.20 bits per heavy atom. The summed E-state index contributed by atoms with van der Waals surface area (Å²) in [4.78, 5) is 6.98. The first-order chi connectivity index (χ1) is 11.7. The molecule has 2 heterocycles. The molecule has 3 unspecified atom stereocenters. The number of hydrogen-bond acceptors (Lipinski definition) is 3. The molecule has 0 spiro atoms. The minimum Gasteiger partial charge on any atom is -0.377 e. The summed E-state index contributed by atoms with van der Waals surface area (Å²) in [6, 6.07) is 0.458. The number of guanidine groups is 1. The van der Waals surface area contributed by atoms with Gasteiger partial charge in [0, 0.05) is 44.1 Å². The predicted octanol–water partition coefficient (Wildman–Crippen LogP) is 3.04. The van der Waals surface area contributed by atoms with Crippen LogP contribution in [0.1, 0.15) is 60.3 Å². The molecule has 144 valence electrons. The van der Waals surface area contributed by atoms with E-state index in [4.69, 9.17) is 9.47 Å². The lowest BCUT2D eigenvalue weighted by Crippen LogP contribution is -2.71. The largest absolute Gasteiger partial charge is 0.377 e. The number of rotatable bonds is 2. The second-order valence-electron chi connectivity index (χ2n) is 9.50. The van der Waals surface area contributed by atoms with Gasteiger partial charge in [0.15, 0.2) is 5.96 Å². The van der Waals surface area contributed by atoms with Gasteiger partial charge in [0.05, 0.1) is 17.8 Å². The SMILES string of the molecule is CN=C(NC1C2CCCOC2C1(C)C)N1CCC(OC(C)(C)C)CC1. The molecule has 3 rings (SSSR count). The number of nitrogens with zero attached hydrogens (tertiary/aromatic N) is 2. The van der Waals surface area contributed by atoms with Crippen LogP contribution >= 0.6 is 0 Å². The Balaban J connectivity index is 1.55. The van der Waals surface area contributed by atoms with Crippen LogP contribution in [0.15, 0.2) is 4.99 Å². The molecule has 5 heteroatoms. The van der Waals surface area contributed by atoms with E-state index in [9.17, 15) is 0 Å². The van der Waals surface area contributed by atoms with Crippen LogP contribution in [0.2, 0.25) is 0 Å². The lowest BCUT2D eigenvalue weighted by molar-refractivity contribution is -0.188. The highest BCUT2D eigenvalue weighted by atomic mass is 16.5. The van der Waals surface area contributed by atoms with E-state index in [0.717, 1.165) is 38.5 Å². The molecule has 0 aromatic heterocycles. The third kappa shape index (κ3) is 3.97. The number of aliphatic imine (C=N–C) groups is 1. The summed E-state index contributed by atoms with van der Waals surface area (Å²) in [5.74, 6) is 1.68. The Kier molecular flexibility index (Phi) is 5.36. The standard InChI is InChI=1S/C20H37N3O2/c1-19(2,3)25-14-9-11-23(12-10-14)18(21-6)22-16-15-8-7-13-24-17(15)20(16,4)5/h14-17H,7-13H2,1-6H3,(H,21,22). The van der Waals surface area contributed by atoms with E-state index in [0.29, 0.717) is 24.2 Å². The van der Waals surface area contributed by atoms with E-state index in [1.54, 1.807) is 0 Å². The summed E-state index contributed by atoms with van der Waals surface area (Å²) in [5, 5.41) is 3.78. The summed E-state index contributed by atoms with van der Waals surface area (Å²) in [7, 11) is 1.90. The molecule has 0 radical (unpaired) electrons. The van der Waals surface area contributed by atoms with E-state index in [1.165, 1.54) is 12.8 Å². The number of fused-ring (bicyclic) bond motifs is 1. The van der Waals surface area contributed by atoms with Gasteiger partial charge in [0.2, 0.25) is 0 Å². The lowest BCUT2D eigenvalue weighted by Gasteiger charge is -2.60. The predicted molar refractivity (Wildman–Crippen MR) is 102 cm³/mol. The molecular weight excluding hydrogens is 314 g/mol. The van der Waals surface area contributed by atoms with Crippen LogP contribution in [-0.2, 0) is 9.47 Å². The summed E-state index contributed by atoms with van der Waals surface area (Å²) >= 11 is 0. The molecule has 3 atom stereocenters. The minimum atomic E-state index is -0.0568. The molecule has 3 fully saturated rings. The number of hydrogen-bond donors (Lipinski definition) is 1. The van der Waals surface area contributed by atoms with Gasteiger partial charge >= 0.3 is 0 Å². The van der Waals surface area contributed by atoms with Crippen molar-refractivity contribution in [3.8, 4) is 0 Å². The molecule has 0 aromatic rings. The minimum absolute atomic E-state index is 0.0568. The van der Waals surface area contributed by atoms with Gasteiger partial charge in [0.1, 0.15) is 0 Å². The highest BCUT2D eigenvalue weighted by molar-refractivity contribution is 5.80. The summed E-state index contributed by atoms with van der Waals surface area (Å²) < 4.78 is 12.2. The summed E-state index contributed by atoms with van der Waals surface area (Å²) in [5.41, 5.74) is 0.118. The zero-order valence-corrected chi connectivity index (χ0v) is 17.0. The van der Waals surface area contributed by atoms with Crippen LogP contribution in [-0.4, -0.2) is 61.5 Å². The maximum absolute atomic E-state index is 6.15. The normalized spacial score (nSPS) is 33.6. The molecule has 0 bridgehead atoms. The zero-order valence-electron chi connectivity index (χ0n) is 17.0. The van der Waals surface area contributed by atoms with E-state index < -0.39 is 0 Å². The summed E-state index contributed by atoms with van der Waals surface area (Å²) in [6.07, 6.45) is 5.37. The van der Waals surface area contributed by atoms with Crippen LogP contribution in [0, 0.1) is 11.3 Å². The van der Waals surface area contributed by atoms with Crippen molar-refractivity contribution in [2.45, 2.75) is 84.2 Å². The summed E-state index contributed by atoms with van der Waals surface area (Å²) in [6.45, 7) is 14.0. The van der Waals surface area contributed by atoms with Gasteiger partial charge in [-0.2, -0.15) is 0 Å². The highest BCUT2D eigenvalue weighted by Gasteiger charge is 2.58. The van der Waals surface area contributed by atoms with Gasteiger partial charge in [-0.3, -0.25) is 4.99 Å². The maximum Gasteiger partial charge on any atom is 0.193 e. The Labute approximate surface area is 153 Å². The van der Waals surface area contributed by atoms with E-state index >= 15 is 0 Å². The van der Waals surface area contributed by atoms with Crippen LogP contribution in [0.25, 0.3) is 0 Å². The molecule has 1 saturated carbocycles. The Hall–Kier alpha value is -0.810. The van der Waals surface area contributed by atoms with Crippen LogP contribution in [0.4, 0.5) is 0 Å². The topological polar surface area (TPSA) is 46.1 Å². The number of nitrogens with one attached hydrogen (secondary N) is 1. The van der Waals surface area contributed by atoms with Crippen molar-refractivity contribution in [1.29, 1.82) is 0 Å². The first-order valence-corrected chi connectivity index (χ1v) is 10.00. The second kappa shape index (κ2) is 7.07. The van der Waals surface area contributed by atoms with E-state index in [2.05, 4.69) is 49.8 Å². The third-order valence-electron chi connectivity index (χ3n) is 6.09. The molecule has 1 N–H and O–H groups in total. The number of likely N-dealkylation sites (tertiary alicyclic amines) is 1. The quantitative estimate of drug-likeness (QED) is 0.613. The van der Waals surface area contributed by atoms with Gasteiger partial charge < -0.3 is 19.7 Å². The monoisotopic (exact) mass is 351 g/mol. The van der Waals surface area contributed by atoms with Gasteiger partial charge in [-0.25, -0.2) is 0 Å². The average molecular weight is 352 g/mol. The number of ether oxygens (including phenoxy) is 2. The van der Waals surface area contributed by atoms with Crippen molar-refractivity contribution in [3.05, 3.63) is 0 Å². The van der Waals surface area contributed by atoms with Gasteiger partial charge in [-0.1, -0.05) is 13.8 Å². The van der Waals surface area contributed by atoms with Crippen LogP contribution in [0.5, 0.6) is 0 Å². The van der Waals surface area contributed by atoms with Gasteiger partial charge in [-0.15, -0.1) is 0 Å².